The van der Waals surface area contributed by atoms with Crippen molar-refractivity contribution in [1.29, 1.82) is 0 Å². The van der Waals surface area contributed by atoms with Crippen molar-refractivity contribution < 1.29 is 8.83 Å². The molecule has 0 bridgehead atoms. The molecule has 4 heteroatoms. The number of nitrogens with one attached hydrogen (secondary N) is 2. The zero-order chi connectivity index (χ0) is 23.2. The first-order valence-electron chi connectivity index (χ1n) is 11.8. The molecule has 0 aliphatic heterocycles. The number of para-hydroxylation sites is 3. The molecule has 0 spiro atoms. The molecular formula is C31H22N2O2. The summed E-state index contributed by atoms with van der Waals surface area (Å²) in [7, 11) is 0. The lowest BCUT2D eigenvalue weighted by atomic mass is 10.1. The van der Waals surface area contributed by atoms with Crippen molar-refractivity contribution in [3.8, 4) is 0 Å². The van der Waals surface area contributed by atoms with Crippen LogP contribution >= 0.6 is 0 Å². The molecule has 1 aliphatic rings. The normalized spacial score (nSPS) is 12.8. The van der Waals surface area contributed by atoms with Crippen LogP contribution in [0, 0.1) is 0 Å². The zero-order valence-electron chi connectivity index (χ0n) is 18.9. The Kier molecular flexibility index (Phi) is 4.49. The van der Waals surface area contributed by atoms with E-state index in [-0.39, 0.29) is 0 Å². The van der Waals surface area contributed by atoms with Gasteiger partial charge < -0.3 is 19.5 Å². The van der Waals surface area contributed by atoms with Gasteiger partial charge in [0.1, 0.15) is 22.5 Å². The lowest BCUT2D eigenvalue weighted by molar-refractivity contribution is 0.603. The van der Waals surface area contributed by atoms with E-state index in [9.17, 15) is 0 Å². The number of rotatable bonds is 4. The van der Waals surface area contributed by atoms with Crippen molar-refractivity contribution in [2.45, 2.75) is 6.42 Å². The van der Waals surface area contributed by atoms with Gasteiger partial charge >= 0.3 is 0 Å². The van der Waals surface area contributed by atoms with Crippen molar-refractivity contribution in [1.82, 2.24) is 0 Å². The van der Waals surface area contributed by atoms with Crippen molar-refractivity contribution in [2.24, 2.45) is 0 Å². The predicted octanol–water partition coefficient (Wildman–Crippen LogP) is 9.25. The van der Waals surface area contributed by atoms with Crippen LogP contribution in [0.3, 0.4) is 0 Å². The first-order chi connectivity index (χ1) is 17.3. The quantitative estimate of drug-likeness (QED) is 0.279. The molecule has 168 valence electrons. The van der Waals surface area contributed by atoms with Gasteiger partial charge in [0.15, 0.2) is 0 Å². The van der Waals surface area contributed by atoms with Crippen LogP contribution in [0.5, 0.6) is 0 Å². The maximum absolute atomic E-state index is 6.05. The SMILES string of the molecule is C1=Cc2oc3ccc(Nc4ccccc4Nc4ccc5oc6ccccc6c5c4)cc3c2C=CC1. The number of hydrogen-bond acceptors (Lipinski definition) is 4. The molecule has 2 heterocycles. The van der Waals surface area contributed by atoms with Crippen molar-refractivity contribution >= 4 is 67.8 Å². The van der Waals surface area contributed by atoms with Crippen LogP contribution < -0.4 is 10.6 Å². The zero-order valence-corrected chi connectivity index (χ0v) is 18.9. The summed E-state index contributed by atoms with van der Waals surface area (Å²) in [4.78, 5) is 0. The fourth-order valence-corrected chi connectivity index (χ4v) is 4.76. The summed E-state index contributed by atoms with van der Waals surface area (Å²) >= 11 is 0. The van der Waals surface area contributed by atoms with Crippen LogP contribution in [-0.2, 0) is 0 Å². The predicted molar refractivity (Wildman–Crippen MR) is 146 cm³/mol. The molecule has 7 rings (SSSR count). The molecule has 1 aliphatic carbocycles. The van der Waals surface area contributed by atoms with E-state index in [0.29, 0.717) is 0 Å². The summed E-state index contributed by atoms with van der Waals surface area (Å²) in [6, 6.07) is 28.8. The first-order valence-corrected chi connectivity index (χ1v) is 11.8. The maximum atomic E-state index is 6.05. The smallest absolute Gasteiger partial charge is 0.135 e. The van der Waals surface area contributed by atoms with Gasteiger partial charge in [-0.2, -0.15) is 0 Å². The summed E-state index contributed by atoms with van der Waals surface area (Å²) in [5, 5.41) is 10.5. The molecule has 0 saturated heterocycles. The van der Waals surface area contributed by atoms with Crippen LogP contribution in [0.1, 0.15) is 17.7 Å². The third kappa shape index (κ3) is 3.47. The fraction of sp³-hybridized carbons (Fsp3) is 0.0323. The number of fused-ring (bicyclic) bond motifs is 6. The minimum atomic E-state index is 0.889. The first kappa shape index (κ1) is 19.7. The Labute approximate surface area is 202 Å². The molecule has 0 atom stereocenters. The van der Waals surface area contributed by atoms with Gasteiger partial charge in [0.2, 0.25) is 0 Å². The number of furan rings is 2. The molecule has 4 nitrogen and oxygen atoms in total. The lowest BCUT2D eigenvalue weighted by Gasteiger charge is -2.14. The highest BCUT2D eigenvalue weighted by Gasteiger charge is 2.13. The van der Waals surface area contributed by atoms with Gasteiger partial charge in [0.05, 0.1) is 11.4 Å². The third-order valence-corrected chi connectivity index (χ3v) is 6.44. The van der Waals surface area contributed by atoms with E-state index in [1.807, 2.05) is 48.5 Å². The van der Waals surface area contributed by atoms with Gasteiger partial charge in [0, 0.05) is 33.1 Å². The van der Waals surface area contributed by atoms with E-state index in [0.717, 1.165) is 73.4 Å². The van der Waals surface area contributed by atoms with E-state index >= 15 is 0 Å². The van der Waals surface area contributed by atoms with Crippen molar-refractivity contribution in [2.75, 3.05) is 10.6 Å². The van der Waals surface area contributed by atoms with E-state index in [1.165, 1.54) is 0 Å². The molecule has 2 aromatic heterocycles. The van der Waals surface area contributed by atoms with Crippen LogP contribution in [0.15, 0.2) is 106 Å². The molecule has 0 radical (unpaired) electrons. The van der Waals surface area contributed by atoms with Crippen LogP contribution in [0.4, 0.5) is 22.7 Å². The Morgan fingerprint density at radius 1 is 0.543 bits per heavy atom. The Morgan fingerprint density at radius 3 is 1.97 bits per heavy atom. The standard InChI is InChI=1S/C31H22N2O2/c1-2-8-22-24-18-20(14-16-30(24)34-28(22)12-3-1)32-26-10-5-6-11-27(26)33-21-15-17-31-25(19-21)23-9-4-7-13-29(23)35-31/h2-19,32-33H,1H2. The van der Waals surface area contributed by atoms with Gasteiger partial charge in [-0.1, -0.05) is 48.6 Å². The molecule has 2 N–H and O–H groups in total. The highest BCUT2D eigenvalue weighted by molar-refractivity contribution is 6.06. The fourth-order valence-electron chi connectivity index (χ4n) is 4.76. The lowest BCUT2D eigenvalue weighted by Crippen LogP contribution is -1.97. The minimum absolute atomic E-state index is 0.889. The highest BCUT2D eigenvalue weighted by Crippen LogP contribution is 2.36. The molecular weight excluding hydrogens is 432 g/mol. The number of allylic oxidation sites excluding steroid dienone is 2. The topological polar surface area (TPSA) is 50.3 Å². The summed E-state index contributed by atoms with van der Waals surface area (Å²) in [6.07, 6.45) is 9.41. The second-order valence-electron chi connectivity index (χ2n) is 8.74. The van der Waals surface area contributed by atoms with E-state index in [2.05, 4.69) is 71.3 Å². The monoisotopic (exact) mass is 454 g/mol. The summed E-state index contributed by atoms with van der Waals surface area (Å²) in [5.41, 5.74) is 7.81. The Bertz CT molecular complexity index is 1780. The number of benzene rings is 4. The van der Waals surface area contributed by atoms with Crippen molar-refractivity contribution in [3.63, 3.8) is 0 Å². The molecule has 0 fully saturated rings. The van der Waals surface area contributed by atoms with E-state index < -0.39 is 0 Å². The van der Waals surface area contributed by atoms with E-state index in [1.54, 1.807) is 0 Å². The van der Waals surface area contributed by atoms with Gasteiger partial charge in [-0.3, -0.25) is 0 Å². The second kappa shape index (κ2) is 7.96. The van der Waals surface area contributed by atoms with Gasteiger partial charge in [-0.15, -0.1) is 0 Å². The number of anilines is 4. The van der Waals surface area contributed by atoms with Gasteiger partial charge in [-0.05, 0) is 67.1 Å². The van der Waals surface area contributed by atoms with Gasteiger partial charge in [0.25, 0.3) is 0 Å². The maximum Gasteiger partial charge on any atom is 0.135 e. The molecule has 35 heavy (non-hydrogen) atoms. The summed E-state index contributed by atoms with van der Waals surface area (Å²) in [6.45, 7) is 0. The van der Waals surface area contributed by atoms with Crippen LogP contribution in [-0.4, -0.2) is 0 Å². The average molecular weight is 455 g/mol. The second-order valence-corrected chi connectivity index (χ2v) is 8.74. The van der Waals surface area contributed by atoms with Crippen LogP contribution in [0.2, 0.25) is 0 Å². The molecule has 4 aromatic carbocycles. The Hall–Kier alpha value is -4.70. The molecule has 0 amide bonds. The molecule has 6 aromatic rings. The molecule has 0 saturated carbocycles. The largest absolute Gasteiger partial charge is 0.456 e. The highest BCUT2D eigenvalue weighted by atomic mass is 16.3. The third-order valence-electron chi connectivity index (χ3n) is 6.44. The molecule has 0 unspecified atom stereocenters. The van der Waals surface area contributed by atoms with Crippen LogP contribution in [0.25, 0.3) is 45.1 Å². The average Bonchev–Trinajstić information content (AvgIpc) is 3.33. The Balaban J connectivity index is 1.23. The van der Waals surface area contributed by atoms with E-state index in [4.69, 9.17) is 8.83 Å². The van der Waals surface area contributed by atoms with Crippen molar-refractivity contribution in [3.05, 3.63) is 108 Å². The Morgan fingerprint density at radius 2 is 1.17 bits per heavy atom. The summed E-state index contributed by atoms with van der Waals surface area (Å²) < 4.78 is 12.0. The number of hydrogen-bond donors (Lipinski definition) is 2. The summed E-state index contributed by atoms with van der Waals surface area (Å²) in [5.74, 6) is 0.912. The minimum Gasteiger partial charge on any atom is -0.456 e. The van der Waals surface area contributed by atoms with Gasteiger partial charge in [-0.25, -0.2) is 0 Å².